The normalized spacial score (nSPS) is 20.3. The maximum atomic E-state index is 9.55. The monoisotopic (exact) mass is 246 g/mol. The summed E-state index contributed by atoms with van der Waals surface area (Å²) < 4.78 is 5.61. The number of aliphatic hydroxyl groups is 1. The molecule has 1 heterocycles. The first kappa shape index (κ1) is 12.9. The maximum absolute atomic E-state index is 9.55. The Kier molecular flexibility index (Phi) is 4.57. The molecule has 0 spiro atoms. The van der Waals surface area contributed by atoms with Gasteiger partial charge in [-0.05, 0) is 37.6 Å². The van der Waals surface area contributed by atoms with Crippen molar-refractivity contribution in [2.75, 3.05) is 26.2 Å². The molecule has 1 fully saturated rings. The maximum Gasteiger partial charge on any atom is 0.120 e. The minimum absolute atomic E-state index is 0.194. The molecule has 18 heavy (non-hydrogen) atoms. The van der Waals surface area contributed by atoms with Gasteiger partial charge in [0.25, 0.3) is 0 Å². The van der Waals surface area contributed by atoms with Crippen LogP contribution in [0.2, 0.25) is 0 Å². The van der Waals surface area contributed by atoms with Crippen molar-refractivity contribution in [1.82, 2.24) is 4.90 Å². The molecule has 1 unspecified atom stereocenters. The average molecular weight is 246 g/mol. The van der Waals surface area contributed by atoms with Crippen molar-refractivity contribution in [3.05, 3.63) is 29.8 Å². The lowest BCUT2D eigenvalue weighted by molar-refractivity contribution is 0.0633. The first-order valence-electron chi connectivity index (χ1n) is 6.31. The molecule has 1 aliphatic heterocycles. The number of hydrogen-bond acceptors (Lipinski definition) is 4. The zero-order chi connectivity index (χ0) is 12.8. The summed E-state index contributed by atoms with van der Waals surface area (Å²) in [6, 6.07) is 9.26. The van der Waals surface area contributed by atoms with Crippen molar-refractivity contribution in [1.29, 1.82) is 5.26 Å². The molecule has 1 aromatic carbocycles. The van der Waals surface area contributed by atoms with Gasteiger partial charge in [-0.3, -0.25) is 4.90 Å². The molecule has 2 rings (SSSR count). The van der Waals surface area contributed by atoms with E-state index in [1.807, 2.05) is 12.1 Å². The Balaban J connectivity index is 1.76. The van der Waals surface area contributed by atoms with Crippen LogP contribution in [0.1, 0.15) is 18.4 Å². The Hall–Kier alpha value is -1.57. The largest absolute Gasteiger partial charge is 0.492 e. The highest BCUT2D eigenvalue weighted by Gasteiger charge is 2.16. The van der Waals surface area contributed by atoms with Crippen molar-refractivity contribution < 1.29 is 9.84 Å². The van der Waals surface area contributed by atoms with Gasteiger partial charge in [-0.15, -0.1) is 0 Å². The predicted molar refractivity (Wildman–Crippen MR) is 68.3 cm³/mol. The lowest BCUT2D eigenvalue weighted by atomic mass is 10.1. The third-order valence-electron chi connectivity index (χ3n) is 3.12. The molecule has 0 radical (unpaired) electrons. The molecular formula is C14H18N2O2. The van der Waals surface area contributed by atoms with E-state index < -0.39 is 0 Å². The Morgan fingerprint density at radius 2 is 2.39 bits per heavy atom. The number of likely N-dealkylation sites (tertiary alicyclic amines) is 1. The molecule has 1 aromatic rings. The van der Waals surface area contributed by atoms with Gasteiger partial charge < -0.3 is 9.84 Å². The predicted octanol–water partition coefficient (Wildman–Crippen LogP) is 1.39. The van der Waals surface area contributed by atoms with Crippen LogP contribution >= 0.6 is 0 Å². The van der Waals surface area contributed by atoms with E-state index in [9.17, 15) is 5.11 Å². The minimum atomic E-state index is -0.194. The van der Waals surface area contributed by atoms with Crippen molar-refractivity contribution in [2.45, 2.75) is 18.9 Å². The van der Waals surface area contributed by atoms with Gasteiger partial charge >= 0.3 is 0 Å². The van der Waals surface area contributed by atoms with Crippen LogP contribution in [0.25, 0.3) is 0 Å². The molecule has 1 saturated heterocycles. The highest BCUT2D eigenvalue weighted by molar-refractivity contribution is 5.36. The minimum Gasteiger partial charge on any atom is -0.492 e. The van der Waals surface area contributed by atoms with Gasteiger partial charge in [0.1, 0.15) is 12.4 Å². The van der Waals surface area contributed by atoms with Crippen molar-refractivity contribution in [3.63, 3.8) is 0 Å². The van der Waals surface area contributed by atoms with Crippen LogP contribution in [0.4, 0.5) is 0 Å². The van der Waals surface area contributed by atoms with Crippen LogP contribution in [0.3, 0.4) is 0 Å². The Morgan fingerprint density at radius 1 is 1.50 bits per heavy atom. The van der Waals surface area contributed by atoms with Crippen molar-refractivity contribution >= 4 is 0 Å². The lowest BCUT2D eigenvalue weighted by Gasteiger charge is -2.29. The number of benzene rings is 1. The molecule has 4 nitrogen and oxygen atoms in total. The molecule has 0 aromatic heterocycles. The van der Waals surface area contributed by atoms with Crippen LogP contribution in [0.5, 0.6) is 5.75 Å². The fraction of sp³-hybridized carbons (Fsp3) is 0.500. The van der Waals surface area contributed by atoms with E-state index in [-0.39, 0.29) is 6.10 Å². The third kappa shape index (κ3) is 3.73. The molecule has 0 aliphatic carbocycles. The highest BCUT2D eigenvalue weighted by atomic mass is 16.5. The molecule has 1 aliphatic rings. The molecule has 96 valence electrons. The zero-order valence-corrected chi connectivity index (χ0v) is 10.4. The molecule has 0 bridgehead atoms. The summed E-state index contributed by atoms with van der Waals surface area (Å²) in [6.07, 6.45) is 1.76. The summed E-state index contributed by atoms with van der Waals surface area (Å²) in [4.78, 5) is 2.21. The van der Waals surface area contributed by atoms with E-state index in [4.69, 9.17) is 10.00 Å². The van der Waals surface area contributed by atoms with Crippen LogP contribution in [0.15, 0.2) is 24.3 Å². The number of ether oxygens (including phenoxy) is 1. The van der Waals surface area contributed by atoms with Crippen molar-refractivity contribution in [2.24, 2.45) is 0 Å². The molecule has 0 amide bonds. The number of β-amino-alcohol motifs (C(OH)–C–C–N with tert-alkyl or cyclic N) is 1. The Labute approximate surface area is 107 Å². The molecule has 4 heteroatoms. The Bertz CT molecular complexity index is 428. The summed E-state index contributed by atoms with van der Waals surface area (Å²) in [5.41, 5.74) is 0.612. The molecular weight excluding hydrogens is 228 g/mol. The summed E-state index contributed by atoms with van der Waals surface area (Å²) in [6.45, 7) is 3.16. The van der Waals surface area contributed by atoms with Gasteiger partial charge in [-0.2, -0.15) is 5.26 Å². The van der Waals surface area contributed by atoms with E-state index in [0.717, 1.165) is 38.2 Å². The van der Waals surface area contributed by atoms with Gasteiger partial charge in [0.05, 0.1) is 17.7 Å². The fourth-order valence-electron chi connectivity index (χ4n) is 2.18. The van der Waals surface area contributed by atoms with E-state index >= 15 is 0 Å². The summed E-state index contributed by atoms with van der Waals surface area (Å²) in [5, 5.41) is 18.3. The van der Waals surface area contributed by atoms with Gasteiger partial charge in [-0.25, -0.2) is 0 Å². The highest BCUT2D eigenvalue weighted by Crippen LogP contribution is 2.13. The summed E-state index contributed by atoms with van der Waals surface area (Å²) in [7, 11) is 0. The van der Waals surface area contributed by atoms with E-state index in [1.54, 1.807) is 12.1 Å². The standard InChI is InChI=1S/C14H18N2O2/c15-10-12-3-1-5-14(9-12)18-8-7-16-6-2-4-13(17)11-16/h1,3,5,9,13,17H,2,4,6-8,11H2. The van der Waals surface area contributed by atoms with Gasteiger partial charge in [-0.1, -0.05) is 6.07 Å². The number of aliphatic hydroxyl groups excluding tert-OH is 1. The number of rotatable bonds is 4. The number of nitrogens with zero attached hydrogens (tertiary/aromatic N) is 2. The molecule has 1 N–H and O–H groups in total. The van der Waals surface area contributed by atoms with E-state index in [1.165, 1.54) is 0 Å². The number of piperidine rings is 1. The number of nitriles is 1. The molecule has 0 saturated carbocycles. The van der Waals surface area contributed by atoms with Crippen LogP contribution in [-0.4, -0.2) is 42.4 Å². The van der Waals surface area contributed by atoms with Crippen molar-refractivity contribution in [3.8, 4) is 11.8 Å². The summed E-state index contributed by atoms with van der Waals surface area (Å²) in [5.74, 6) is 0.728. The fourth-order valence-corrected chi connectivity index (χ4v) is 2.18. The second-order valence-corrected chi connectivity index (χ2v) is 4.58. The van der Waals surface area contributed by atoms with Gasteiger partial charge in [0.2, 0.25) is 0 Å². The second-order valence-electron chi connectivity index (χ2n) is 4.58. The third-order valence-corrected chi connectivity index (χ3v) is 3.12. The zero-order valence-electron chi connectivity index (χ0n) is 10.4. The first-order chi connectivity index (χ1) is 8.78. The average Bonchev–Trinajstić information content (AvgIpc) is 2.39. The molecule has 1 atom stereocenters. The van der Waals surface area contributed by atoms with E-state index in [2.05, 4.69) is 11.0 Å². The Morgan fingerprint density at radius 3 is 3.17 bits per heavy atom. The number of hydrogen-bond donors (Lipinski definition) is 1. The van der Waals surface area contributed by atoms with E-state index in [0.29, 0.717) is 12.2 Å². The van der Waals surface area contributed by atoms with Gasteiger partial charge in [0.15, 0.2) is 0 Å². The second kappa shape index (κ2) is 6.39. The quantitative estimate of drug-likeness (QED) is 0.872. The van der Waals surface area contributed by atoms with Crippen LogP contribution in [0, 0.1) is 11.3 Å². The lowest BCUT2D eigenvalue weighted by Crippen LogP contribution is -2.40. The smallest absolute Gasteiger partial charge is 0.120 e. The van der Waals surface area contributed by atoms with Crippen LogP contribution in [-0.2, 0) is 0 Å². The van der Waals surface area contributed by atoms with Crippen LogP contribution < -0.4 is 4.74 Å². The van der Waals surface area contributed by atoms with Gasteiger partial charge in [0, 0.05) is 13.1 Å². The SMILES string of the molecule is N#Cc1cccc(OCCN2CCCC(O)C2)c1. The summed E-state index contributed by atoms with van der Waals surface area (Å²) >= 11 is 0. The first-order valence-corrected chi connectivity index (χ1v) is 6.31. The topological polar surface area (TPSA) is 56.5 Å².